The molecule has 0 aliphatic rings. The van der Waals surface area contributed by atoms with Crippen molar-refractivity contribution in [3.63, 3.8) is 0 Å². The van der Waals surface area contributed by atoms with Crippen LogP contribution in [-0.4, -0.2) is 12.3 Å². The number of halogens is 1. The molecule has 2 N–H and O–H groups in total. The van der Waals surface area contributed by atoms with Gasteiger partial charge in [0.2, 0.25) is 0 Å². The maximum Gasteiger partial charge on any atom is 0.194 e. The Bertz CT molecular complexity index is 482. The Morgan fingerprint density at radius 1 is 1.40 bits per heavy atom. The minimum atomic E-state index is 0.472. The van der Waals surface area contributed by atoms with E-state index in [1.807, 2.05) is 24.3 Å². The van der Waals surface area contributed by atoms with Crippen LogP contribution in [0, 0.1) is 0 Å². The van der Waals surface area contributed by atoms with E-state index >= 15 is 0 Å². The van der Waals surface area contributed by atoms with E-state index in [2.05, 4.69) is 21.1 Å². The van der Waals surface area contributed by atoms with Gasteiger partial charge in [-0.15, -0.1) is 0 Å². The van der Waals surface area contributed by atoms with Crippen LogP contribution in [0.15, 0.2) is 33.4 Å². The van der Waals surface area contributed by atoms with Gasteiger partial charge in [-0.05, 0) is 28.1 Å². The van der Waals surface area contributed by atoms with Crippen LogP contribution in [0.4, 0.5) is 5.69 Å². The molecule has 4 nitrogen and oxygen atoms in total. The number of anilines is 1. The number of para-hydroxylation sites is 1. The van der Waals surface area contributed by atoms with Crippen molar-refractivity contribution >= 4 is 21.6 Å². The fraction of sp³-hybridized carbons (Fsp3) is 0.100. The summed E-state index contributed by atoms with van der Waals surface area (Å²) in [4.78, 5) is 0. The fourth-order valence-electron chi connectivity index (χ4n) is 1.30. The third-order valence-corrected chi connectivity index (χ3v) is 2.61. The lowest BCUT2D eigenvalue weighted by atomic mass is 10.1. The Morgan fingerprint density at radius 3 is 2.73 bits per heavy atom. The molecule has 0 amide bonds. The molecule has 0 aliphatic heterocycles. The smallest absolute Gasteiger partial charge is 0.194 e. The van der Waals surface area contributed by atoms with Crippen molar-refractivity contribution in [2.45, 2.75) is 0 Å². The van der Waals surface area contributed by atoms with Crippen LogP contribution < -0.4 is 10.5 Å². The quantitative estimate of drug-likeness (QED) is 0.910. The summed E-state index contributed by atoms with van der Waals surface area (Å²) in [5.41, 5.74) is 7.06. The molecule has 1 heterocycles. The summed E-state index contributed by atoms with van der Waals surface area (Å²) in [5, 5.41) is 3.73. The van der Waals surface area contributed by atoms with Gasteiger partial charge in [-0.1, -0.05) is 17.3 Å². The minimum absolute atomic E-state index is 0.472. The Kier molecular flexibility index (Phi) is 2.64. The Labute approximate surface area is 95.1 Å². The molecule has 0 aliphatic carbocycles. The van der Waals surface area contributed by atoms with Gasteiger partial charge >= 0.3 is 0 Å². The number of nitrogens with two attached hydrogens (primary N) is 1. The fourth-order valence-corrected chi connectivity index (χ4v) is 1.56. The number of nitrogen functional groups attached to an aromatic ring is 1. The number of hydrogen-bond donors (Lipinski definition) is 1. The summed E-state index contributed by atoms with van der Waals surface area (Å²) in [6.07, 6.45) is 0. The highest BCUT2D eigenvalue weighted by Crippen LogP contribution is 2.36. The molecule has 0 unspecified atom stereocenters. The van der Waals surface area contributed by atoms with E-state index in [9.17, 15) is 0 Å². The molecule has 0 saturated heterocycles. The topological polar surface area (TPSA) is 61.3 Å². The minimum Gasteiger partial charge on any atom is -0.496 e. The van der Waals surface area contributed by atoms with Gasteiger partial charge in [0.1, 0.15) is 11.4 Å². The highest BCUT2D eigenvalue weighted by molar-refractivity contribution is 9.10. The molecule has 5 heteroatoms. The number of aromatic nitrogens is 1. The number of methoxy groups -OCH3 is 1. The van der Waals surface area contributed by atoms with E-state index < -0.39 is 0 Å². The normalized spacial score (nSPS) is 10.3. The van der Waals surface area contributed by atoms with Crippen molar-refractivity contribution in [2.75, 3.05) is 12.8 Å². The SMILES string of the molecule is COc1ccccc1-c1onc(Br)c1N. The molecule has 0 saturated carbocycles. The van der Waals surface area contributed by atoms with Gasteiger partial charge in [0.05, 0.1) is 12.7 Å². The van der Waals surface area contributed by atoms with E-state index in [1.54, 1.807) is 7.11 Å². The van der Waals surface area contributed by atoms with Crippen LogP contribution in [0.2, 0.25) is 0 Å². The summed E-state index contributed by atoms with van der Waals surface area (Å²) < 4.78 is 10.8. The van der Waals surface area contributed by atoms with Crippen molar-refractivity contribution in [2.24, 2.45) is 0 Å². The first-order valence-corrected chi connectivity index (χ1v) is 5.07. The van der Waals surface area contributed by atoms with Gasteiger partial charge in [0.15, 0.2) is 10.4 Å². The van der Waals surface area contributed by atoms with E-state index in [0.717, 1.165) is 5.56 Å². The van der Waals surface area contributed by atoms with Crippen molar-refractivity contribution in [1.82, 2.24) is 5.16 Å². The summed E-state index contributed by atoms with van der Waals surface area (Å²) in [5.74, 6) is 1.21. The molecule has 1 aromatic heterocycles. The molecule has 78 valence electrons. The maximum atomic E-state index is 5.80. The highest BCUT2D eigenvalue weighted by atomic mass is 79.9. The first-order valence-electron chi connectivity index (χ1n) is 4.28. The number of nitrogens with zero attached hydrogens (tertiary/aromatic N) is 1. The summed E-state index contributed by atoms with van der Waals surface area (Å²) in [7, 11) is 1.60. The number of hydrogen-bond acceptors (Lipinski definition) is 4. The molecule has 2 rings (SSSR count). The lowest BCUT2D eigenvalue weighted by molar-refractivity contribution is 0.405. The largest absolute Gasteiger partial charge is 0.496 e. The Hall–Kier alpha value is -1.49. The molecular formula is C10H9BrN2O2. The monoisotopic (exact) mass is 268 g/mol. The predicted octanol–water partition coefficient (Wildman–Crippen LogP) is 2.69. The molecule has 15 heavy (non-hydrogen) atoms. The predicted molar refractivity (Wildman–Crippen MR) is 60.6 cm³/mol. The standard InChI is InChI=1S/C10H9BrN2O2/c1-14-7-5-3-2-4-6(7)9-8(12)10(11)13-15-9/h2-5H,12H2,1H3. The van der Waals surface area contributed by atoms with Crippen molar-refractivity contribution < 1.29 is 9.26 Å². The summed E-state index contributed by atoms with van der Waals surface area (Å²) in [6, 6.07) is 7.46. The molecular weight excluding hydrogens is 260 g/mol. The third kappa shape index (κ3) is 1.70. The van der Waals surface area contributed by atoms with Gasteiger partial charge in [0, 0.05) is 0 Å². The molecule has 2 aromatic rings. The Morgan fingerprint density at radius 2 is 2.13 bits per heavy atom. The summed E-state index contributed by atoms with van der Waals surface area (Å²) in [6.45, 7) is 0. The first-order chi connectivity index (χ1) is 7.24. The van der Waals surface area contributed by atoms with Gasteiger partial charge in [-0.2, -0.15) is 0 Å². The average molecular weight is 269 g/mol. The van der Waals surface area contributed by atoms with Crippen LogP contribution in [-0.2, 0) is 0 Å². The molecule has 1 aromatic carbocycles. The van der Waals surface area contributed by atoms with Gasteiger partial charge in [-0.25, -0.2) is 0 Å². The first kappa shape index (κ1) is 10.0. The number of ether oxygens (including phenoxy) is 1. The van der Waals surface area contributed by atoms with Crippen LogP contribution in [0.25, 0.3) is 11.3 Å². The molecule has 0 fully saturated rings. The van der Waals surface area contributed by atoms with Gasteiger partial charge in [0.25, 0.3) is 0 Å². The van der Waals surface area contributed by atoms with Crippen molar-refractivity contribution in [3.05, 3.63) is 28.9 Å². The molecule has 0 spiro atoms. The zero-order valence-electron chi connectivity index (χ0n) is 8.03. The van der Waals surface area contributed by atoms with Crippen LogP contribution in [0.3, 0.4) is 0 Å². The zero-order valence-corrected chi connectivity index (χ0v) is 9.61. The lowest BCUT2D eigenvalue weighted by Gasteiger charge is -2.04. The van der Waals surface area contributed by atoms with Crippen LogP contribution in [0.1, 0.15) is 0 Å². The van der Waals surface area contributed by atoms with E-state index in [0.29, 0.717) is 21.8 Å². The molecule has 0 atom stereocenters. The van der Waals surface area contributed by atoms with E-state index in [-0.39, 0.29) is 0 Å². The molecule has 0 radical (unpaired) electrons. The number of rotatable bonds is 2. The maximum absolute atomic E-state index is 5.80. The third-order valence-electron chi connectivity index (χ3n) is 2.04. The second-order valence-electron chi connectivity index (χ2n) is 2.92. The summed E-state index contributed by atoms with van der Waals surface area (Å²) >= 11 is 3.19. The van der Waals surface area contributed by atoms with Crippen LogP contribution in [0.5, 0.6) is 5.75 Å². The lowest BCUT2D eigenvalue weighted by Crippen LogP contribution is -1.90. The molecule has 0 bridgehead atoms. The van der Waals surface area contributed by atoms with E-state index in [4.69, 9.17) is 15.0 Å². The zero-order chi connectivity index (χ0) is 10.8. The second-order valence-corrected chi connectivity index (χ2v) is 3.67. The number of benzene rings is 1. The van der Waals surface area contributed by atoms with Gasteiger partial charge in [-0.3, -0.25) is 0 Å². The Balaban J connectivity index is 2.58. The average Bonchev–Trinajstić information content (AvgIpc) is 2.60. The van der Waals surface area contributed by atoms with Gasteiger partial charge < -0.3 is 15.0 Å². The van der Waals surface area contributed by atoms with Crippen molar-refractivity contribution in [3.8, 4) is 17.1 Å². The van der Waals surface area contributed by atoms with Crippen molar-refractivity contribution in [1.29, 1.82) is 0 Å². The van der Waals surface area contributed by atoms with Crippen LogP contribution >= 0.6 is 15.9 Å². The second kappa shape index (κ2) is 3.94. The van der Waals surface area contributed by atoms with E-state index in [1.165, 1.54) is 0 Å². The highest BCUT2D eigenvalue weighted by Gasteiger charge is 2.16.